The van der Waals surface area contributed by atoms with Gasteiger partial charge in [0.25, 0.3) is 5.56 Å². The second-order valence-electron chi connectivity index (χ2n) is 10.1. The second-order valence-corrected chi connectivity index (χ2v) is 10.1. The van der Waals surface area contributed by atoms with Gasteiger partial charge in [-0.25, -0.2) is 23.5 Å². The van der Waals surface area contributed by atoms with Crippen molar-refractivity contribution in [3.63, 3.8) is 0 Å². The van der Waals surface area contributed by atoms with Crippen LogP contribution in [0.5, 0.6) is 0 Å². The monoisotopic (exact) mass is 563 g/mol. The Kier molecular flexibility index (Phi) is 6.54. The molecule has 13 heteroatoms. The molecule has 3 N–H and O–H groups in total. The average molecular weight is 564 g/mol. The molecule has 0 amide bonds. The minimum absolute atomic E-state index is 0.0451. The maximum atomic E-state index is 15.4. The molecule has 41 heavy (non-hydrogen) atoms. The molecule has 6 rings (SSSR count). The van der Waals surface area contributed by atoms with Crippen molar-refractivity contribution < 1.29 is 23.4 Å². The summed E-state index contributed by atoms with van der Waals surface area (Å²) < 4.78 is 36.8. The Bertz CT molecular complexity index is 1910. The Morgan fingerprint density at radius 3 is 2.61 bits per heavy atom. The fraction of sp³-hybridized carbons (Fsp3) is 0.286. The number of ether oxygens (including phenoxy) is 1. The van der Waals surface area contributed by atoms with Gasteiger partial charge in [0.05, 0.1) is 40.9 Å². The van der Waals surface area contributed by atoms with Crippen LogP contribution in [0.3, 0.4) is 0 Å². The summed E-state index contributed by atoms with van der Waals surface area (Å²) >= 11 is 0. The number of aromatic nitrogens is 4. The quantitative estimate of drug-likeness (QED) is 0.285. The number of morpholine rings is 1. The molecule has 0 atom stereocenters. The Morgan fingerprint density at radius 2 is 1.93 bits per heavy atom. The number of pyridine rings is 2. The molecule has 0 radical (unpaired) electrons. The standard InChI is InChI=1S/C28H27F2N7O4/c1-31-19-9-18(29)22(30)20-21-24(35(2)3)16(10-32-25(21)34-23(19)20)14-8-15(12-36-4-6-41-7-5-36)26-33-11-17(28(39)40)27(38)37(26)13-14/h8-11,13,31H,4-7,12H2,1-3H3,(H,32,34)(H,39,40). The van der Waals surface area contributed by atoms with E-state index in [1.165, 1.54) is 10.6 Å². The maximum absolute atomic E-state index is 15.4. The van der Waals surface area contributed by atoms with Gasteiger partial charge >= 0.3 is 5.97 Å². The number of fused-ring (bicyclic) bond motifs is 4. The van der Waals surface area contributed by atoms with Crippen molar-refractivity contribution in [2.75, 3.05) is 57.7 Å². The number of nitrogens with zero attached hydrogens (tertiary/aromatic N) is 5. The zero-order valence-electron chi connectivity index (χ0n) is 22.6. The van der Waals surface area contributed by atoms with E-state index in [0.29, 0.717) is 83.1 Å². The summed E-state index contributed by atoms with van der Waals surface area (Å²) in [5, 5.41) is 12.9. The van der Waals surface area contributed by atoms with Crippen LogP contribution in [0.25, 0.3) is 38.7 Å². The van der Waals surface area contributed by atoms with Crippen LogP contribution in [-0.4, -0.2) is 82.8 Å². The molecule has 5 aromatic rings. The van der Waals surface area contributed by atoms with E-state index >= 15 is 4.39 Å². The van der Waals surface area contributed by atoms with E-state index in [1.54, 1.807) is 32.2 Å². The highest BCUT2D eigenvalue weighted by Gasteiger charge is 2.25. The van der Waals surface area contributed by atoms with E-state index in [-0.39, 0.29) is 5.39 Å². The lowest BCUT2D eigenvalue weighted by atomic mass is 10.0. The number of hydrogen-bond acceptors (Lipinski definition) is 8. The molecule has 0 aliphatic carbocycles. The molecule has 0 bridgehead atoms. The van der Waals surface area contributed by atoms with Gasteiger partial charge in [0.1, 0.15) is 16.9 Å². The number of aromatic carboxylic acids is 1. The molecule has 0 unspecified atom stereocenters. The summed E-state index contributed by atoms with van der Waals surface area (Å²) in [6.07, 6.45) is 4.18. The molecule has 1 aromatic carbocycles. The summed E-state index contributed by atoms with van der Waals surface area (Å²) in [6, 6.07) is 2.96. The molecule has 0 spiro atoms. The predicted octanol–water partition coefficient (Wildman–Crippen LogP) is 3.31. The first-order valence-electron chi connectivity index (χ1n) is 12.9. The molecule has 212 valence electrons. The van der Waals surface area contributed by atoms with E-state index in [0.717, 1.165) is 12.3 Å². The molecule has 11 nitrogen and oxygen atoms in total. The van der Waals surface area contributed by atoms with Crippen molar-refractivity contribution >= 4 is 44.9 Å². The number of hydrogen-bond donors (Lipinski definition) is 3. The van der Waals surface area contributed by atoms with Gasteiger partial charge in [-0.15, -0.1) is 0 Å². The summed E-state index contributed by atoms with van der Waals surface area (Å²) in [5.74, 6) is -3.40. The van der Waals surface area contributed by atoms with Crippen molar-refractivity contribution in [1.29, 1.82) is 0 Å². The first kappa shape index (κ1) is 26.6. The van der Waals surface area contributed by atoms with Crippen LogP contribution in [0.2, 0.25) is 0 Å². The Hall–Kier alpha value is -4.62. The Labute approximate surface area is 232 Å². The van der Waals surface area contributed by atoms with Gasteiger partial charge in [0.2, 0.25) is 0 Å². The first-order chi connectivity index (χ1) is 19.7. The van der Waals surface area contributed by atoms with E-state index in [2.05, 4.69) is 25.2 Å². The van der Waals surface area contributed by atoms with Crippen LogP contribution in [0, 0.1) is 11.6 Å². The van der Waals surface area contributed by atoms with E-state index in [9.17, 15) is 19.1 Å². The summed E-state index contributed by atoms with van der Waals surface area (Å²) in [7, 11) is 5.17. The third-order valence-electron chi connectivity index (χ3n) is 7.40. The van der Waals surface area contributed by atoms with Crippen molar-refractivity contribution in [3.8, 4) is 11.1 Å². The van der Waals surface area contributed by atoms with Gasteiger partial charge in [-0.05, 0) is 6.07 Å². The fourth-order valence-electron chi connectivity index (χ4n) is 5.48. The largest absolute Gasteiger partial charge is 0.477 e. The normalized spacial score (nSPS) is 14.3. The van der Waals surface area contributed by atoms with Crippen LogP contribution < -0.4 is 15.8 Å². The number of halogens is 2. The van der Waals surface area contributed by atoms with Crippen molar-refractivity contribution in [3.05, 3.63) is 63.8 Å². The minimum atomic E-state index is -1.38. The lowest BCUT2D eigenvalue weighted by Gasteiger charge is -2.27. The summed E-state index contributed by atoms with van der Waals surface area (Å²) in [6.45, 7) is 2.93. The van der Waals surface area contributed by atoms with Crippen molar-refractivity contribution in [1.82, 2.24) is 24.3 Å². The number of aromatic amines is 1. The van der Waals surface area contributed by atoms with Crippen LogP contribution in [0.4, 0.5) is 20.2 Å². The summed E-state index contributed by atoms with van der Waals surface area (Å²) in [5.41, 5.74) is 2.54. The van der Waals surface area contributed by atoms with E-state index < -0.39 is 28.7 Å². The van der Waals surface area contributed by atoms with Gasteiger partial charge in [-0.3, -0.25) is 14.1 Å². The lowest BCUT2D eigenvalue weighted by Crippen LogP contribution is -2.36. The van der Waals surface area contributed by atoms with Gasteiger partial charge in [0, 0.05) is 82.1 Å². The average Bonchev–Trinajstić information content (AvgIpc) is 3.35. The summed E-state index contributed by atoms with van der Waals surface area (Å²) in [4.78, 5) is 41.0. The van der Waals surface area contributed by atoms with E-state index in [1.807, 2.05) is 6.07 Å². The van der Waals surface area contributed by atoms with E-state index in [4.69, 9.17) is 4.74 Å². The van der Waals surface area contributed by atoms with Crippen LogP contribution in [0.15, 0.2) is 35.5 Å². The fourth-order valence-corrected chi connectivity index (χ4v) is 5.48. The molecule has 1 saturated heterocycles. The van der Waals surface area contributed by atoms with Gasteiger partial charge in [-0.1, -0.05) is 0 Å². The predicted molar refractivity (Wildman–Crippen MR) is 151 cm³/mol. The SMILES string of the molecule is CNc1cc(F)c(F)c2c1[nH]c1ncc(-c3cc(CN4CCOCC4)c4ncc(C(=O)O)c(=O)n4c3)c(N(C)C)c12. The van der Waals surface area contributed by atoms with Gasteiger partial charge in [-0.2, -0.15) is 0 Å². The molecule has 1 fully saturated rings. The van der Waals surface area contributed by atoms with Crippen LogP contribution in [-0.2, 0) is 11.3 Å². The highest BCUT2D eigenvalue weighted by Crippen LogP contribution is 2.42. The van der Waals surface area contributed by atoms with Gasteiger partial charge in [0.15, 0.2) is 11.6 Å². The molecule has 4 aromatic heterocycles. The van der Waals surface area contributed by atoms with Crippen LogP contribution >= 0.6 is 0 Å². The van der Waals surface area contributed by atoms with Crippen molar-refractivity contribution in [2.45, 2.75) is 6.54 Å². The number of H-pyrrole nitrogens is 1. The first-order valence-corrected chi connectivity index (χ1v) is 12.9. The Morgan fingerprint density at radius 1 is 1.17 bits per heavy atom. The number of carboxylic acids is 1. The molecular weight excluding hydrogens is 536 g/mol. The highest BCUT2D eigenvalue weighted by atomic mass is 19.2. The lowest BCUT2D eigenvalue weighted by molar-refractivity contribution is 0.0343. The molecule has 1 aliphatic heterocycles. The molecule has 5 heterocycles. The number of nitrogens with one attached hydrogen (secondary N) is 2. The zero-order chi connectivity index (χ0) is 29.0. The third kappa shape index (κ3) is 4.33. The number of benzene rings is 1. The number of rotatable bonds is 6. The number of carboxylic acid groups (broad SMARTS) is 1. The molecular formula is C28H27F2N7O4. The van der Waals surface area contributed by atoms with Crippen LogP contribution in [0.1, 0.15) is 15.9 Å². The zero-order valence-corrected chi connectivity index (χ0v) is 22.6. The number of carbonyl (C=O) groups is 1. The second kappa shape index (κ2) is 10.1. The van der Waals surface area contributed by atoms with Gasteiger partial charge < -0.3 is 25.0 Å². The maximum Gasteiger partial charge on any atom is 0.342 e. The molecule has 1 aliphatic rings. The highest BCUT2D eigenvalue weighted by molar-refractivity contribution is 6.18. The molecule has 0 saturated carbocycles. The number of anilines is 2. The smallest absolute Gasteiger partial charge is 0.342 e. The Balaban J connectivity index is 1.67. The third-order valence-corrected chi connectivity index (χ3v) is 7.40. The minimum Gasteiger partial charge on any atom is -0.477 e. The topological polar surface area (TPSA) is 128 Å². The van der Waals surface area contributed by atoms with Crippen molar-refractivity contribution in [2.24, 2.45) is 0 Å².